The highest BCUT2D eigenvalue weighted by molar-refractivity contribution is 6.10. The molecule has 1 amide bonds. The lowest BCUT2D eigenvalue weighted by Gasteiger charge is -2.30. The quantitative estimate of drug-likeness (QED) is 0.641. The fraction of sp³-hybridized carbons (Fsp3) is 0.333. The first-order chi connectivity index (χ1) is 7.27. The molecule has 1 aromatic carbocycles. The van der Waals surface area contributed by atoms with E-state index in [2.05, 4.69) is 0 Å². The van der Waals surface area contributed by atoms with Gasteiger partial charge in [0, 0.05) is 24.4 Å². The Morgan fingerprint density at radius 3 is 2.87 bits per heavy atom. The van der Waals surface area contributed by atoms with Crippen LogP contribution >= 0.6 is 0 Å². The van der Waals surface area contributed by atoms with E-state index in [1.54, 1.807) is 11.0 Å². The summed E-state index contributed by atoms with van der Waals surface area (Å²) >= 11 is 0. The van der Waals surface area contributed by atoms with Gasteiger partial charge >= 0.3 is 0 Å². The number of amides is 1. The van der Waals surface area contributed by atoms with Gasteiger partial charge in [0.25, 0.3) is 0 Å². The average molecular weight is 201 g/mol. The van der Waals surface area contributed by atoms with Crippen molar-refractivity contribution in [3.63, 3.8) is 0 Å². The Balaban J connectivity index is 2.18. The van der Waals surface area contributed by atoms with E-state index in [0.717, 1.165) is 12.1 Å². The van der Waals surface area contributed by atoms with E-state index in [1.165, 1.54) is 0 Å². The van der Waals surface area contributed by atoms with E-state index < -0.39 is 0 Å². The van der Waals surface area contributed by atoms with Crippen LogP contribution in [0.3, 0.4) is 0 Å². The van der Waals surface area contributed by atoms with Gasteiger partial charge in [0.2, 0.25) is 5.91 Å². The lowest BCUT2D eigenvalue weighted by Crippen LogP contribution is -2.39. The second kappa shape index (κ2) is 2.92. The van der Waals surface area contributed by atoms with Gasteiger partial charge in [-0.2, -0.15) is 0 Å². The van der Waals surface area contributed by atoms with Crippen LogP contribution in [0, 0.1) is 0 Å². The van der Waals surface area contributed by atoms with Gasteiger partial charge in [-0.1, -0.05) is 12.1 Å². The normalized spacial score (nSPS) is 24.0. The van der Waals surface area contributed by atoms with E-state index in [-0.39, 0.29) is 17.7 Å². The molecule has 0 spiro atoms. The van der Waals surface area contributed by atoms with Crippen molar-refractivity contribution in [2.75, 3.05) is 4.90 Å². The monoisotopic (exact) mass is 201 g/mol. The highest BCUT2D eigenvalue weighted by Gasteiger charge is 2.39. The molecule has 0 radical (unpaired) electrons. The summed E-state index contributed by atoms with van der Waals surface area (Å²) in [4.78, 5) is 25.3. The van der Waals surface area contributed by atoms with Gasteiger partial charge in [-0.3, -0.25) is 9.59 Å². The summed E-state index contributed by atoms with van der Waals surface area (Å²) in [6, 6.07) is 7.50. The number of benzene rings is 1. The molecule has 1 fully saturated rings. The summed E-state index contributed by atoms with van der Waals surface area (Å²) in [5.74, 6) is 0.321. The van der Waals surface area contributed by atoms with Crippen LogP contribution in [0.4, 0.5) is 5.69 Å². The van der Waals surface area contributed by atoms with Crippen LogP contribution in [0.2, 0.25) is 0 Å². The highest BCUT2D eigenvalue weighted by atomic mass is 16.2. The van der Waals surface area contributed by atoms with Crippen molar-refractivity contribution in [1.29, 1.82) is 0 Å². The Morgan fingerprint density at radius 1 is 1.20 bits per heavy atom. The van der Waals surface area contributed by atoms with Gasteiger partial charge in [0.1, 0.15) is 0 Å². The number of para-hydroxylation sites is 1. The molecular weight excluding hydrogens is 190 g/mol. The van der Waals surface area contributed by atoms with Gasteiger partial charge < -0.3 is 4.90 Å². The Morgan fingerprint density at radius 2 is 2.00 bits per heavy atom. The molecule has 0 bridgehead atoms. The van der Waals surface area contributed by atoms with Crippen LogP contribution in [0.1, 0.15) is 29.6 Å². The Kier molecular flexibility index (Phi) is 1.69. The molecule has 2 heterocycles. The van der Waals surface area contributed by atoms with Crippen LogP contribution in [0.5, 0.6) is 0 Å². The summed E-state index contributed by atoms with van der Waals surface area (Å²) in [6.45, 7) is 0. The number of ketones is 1. The SMILES string of the molecule is O=C1CC2CCC(=O)N2c2ccccc21. The Labute approximate surface area is 87.7 Å². The number of rotatable bonds is 0. The lowest BCUT2D eigenvalue weighted by atomic mass is 9.95. The highest BCUT2D eigenvalue weighted by Crippen LogP contribution is 2.36. The minimum Gasteiger partial charge on any atom is -0.308 e. The topological polar surface area (TPSA) is 37.4 Å². The zero-order chi connectivity index (χ0) is 10.4. The second-order valence-corrected chi connectivity index (χ2v) is 4.10. The maximum Gasteiger partial charge on any atom is 0.227 e. The summed E-state index contributed by atoms with van der Waals surface area (Å²) in [6.07, 6.45) is 1.88. The standard InChI is InChI=1S/C12H11NO2/c14-11-7-8-5-6-12(15)13(8)10-4-2-1-3-9(10)11/h1-4,8H,5-7H2. The molecule has 1 unspecified atom stereocenters. The van der Waals surface area contributed by atoms with E-state index >= 15 is 0 Å². The molecule has 1 atom stereocenters. The summed E-state index contributed by atoms with van der Waals surface area (Å²) in [5, 5.41) is 0. The molecule has 0 aromatic heterocycles. The fourth-order valence-electron chi connectivity index (χ4n) is 2.51. The zero-order valence-corrected chi connectivity index (χ0v) is 8.27. The zero-order valence-electron chi connectivity index (χ0n) is 8.27. The first-order valence-corrected chi connectivity index (χ1v) is 5.21. The molecule has 1 saturated heterocycles. The summed E-state index contributed by atoms with van der Waals surface area (Å²) in [5.41, 5.74) is 1.50. The van der Waals surface area contributed by atoms with Gasteiger partial charge in [-0.25, -0.2) is 0 Å². The van der Waals surface area contributed by atoms with Gasteiger partial charge in [0.05, 0.1) is 5.69 Å². The van der Waals surface area contributed by atoms with Crippen LogP contribution in [-0.2, 0) is 4.79 Å². The number of hydrogen-bond donors (Lipinski definition) is 0. The van der Waals surface area contributed by atoms with E-state index in [9.17, 15) is 9.59 Å². The molecule has 76 valence electrons. The van der Waals surface area contributed by atoms with Crippen LogP contribution < -0.4 is 4.90 Å². The molecule has 3 nitrogen and oxygen atoms in total. The van der Waals surface area contributed by atoms with Crippen LogP contribution in [-0.4, -0.2) is 17.7 Å². The van der Waals surface area contributed by atoms with Crippen molar-refractivity contribution >= 4 is 17.4 Å². The minimum absolute atomic E-state index is 0.111. The molecule has 0 saturated carbocycles. The molecular formula is C12H11NO2. The number of carbonyl (C=O) groups excluding carboxylic acids is 2. The number of anilines is 1. The van der Waals surface area contributed by atoms with Gasteiger partial charge in [0.15, 0.2) is 5.78 Å². The second-order valence-electron chi connectivity index (χ2n) is 4.10. The third-order valence-electron chi connectivity index (χ3n) is 3.21. The van der Waals surface area contributed by atoms with Crippen molar-refractivity contribution in [3.8, 4) is 0 Å². The smallest absolute Gasteiger partial charge is 0.227 e. The maximum absolute atomic E-state index is 11.8. The van der Waals surface area contributed by atoms with E-state index in [0.29, 0.717) is 18.4 Å². The van der Waals surface area contributed by atoms with Gasteiger partial charge in [-0.05, 0) is 18.6 Å². The molecule has 1 aromatic rings. The third kappa shape index (κ3) is 1.12. The molecule has 15 heavy (non-hydrogen) atoms. The van der Waals surface area contributed by atoms with E-state index in [1.807, 2.05) is 18.2 Å². The fourth-order valence-corrected chi connectivity index (χ4v) is 2.51. The van der Waals surface area contributed by atoms with Crippen LogP contribution in [0.25, 0.3) is 0 Å². The predicted molar refractivity (Wildman–Crippen MR) is 55.9 cm³/mol. The number of fused-ring (bicyclic) bond motifs is 3. The largest absolute Gasteiger partial charge is 0.308 e. The third-order valence-corrected chi connectivity index (χ3v) is 3.21. The maximum atomic E-state index is 11.8. The van der Waals surface area contributed by atoms with Crippen molar-refractivity contribution < 1.29 is 9.59 Å². The minimum atomic E-state index is 0.111. The Hall–Kier alpha value is -1.64. The van der Waals surface area contributed by atoms with E-state index in [4.69, 9.17) is 0 Å². The molecule has 2 aliphatic rings. The molecule has 3 rings (SSSR count). The lowest BCUT2D eigenvalue weighted by molar-refractivity contribution is -0.117. The van der Waals surface area contributed by atoms with Crippen molar-refractivity contribution in [2.45, 2.75) is 25.3 Å². The van der Waals surface area contributed by atoms with Crippen molar-refractivity contribution in [3.05, 3.63) is 29.8 Å². The molecule has 2 aliphatic heterocycles. The first kappa shape index (κ1) is 8.65. The predicted octanol–water partition coefficient (Wildman–Crippen LogP) is 1.77. The first-order valence-electron chi connectivity index (χ1n) is 5.21. The van der Waals surface area contributed by atoms with Crippen molar-refractivity contribution in [1.82, 2.24) is 0 Å². The summed E-state index contributed by atoms with van der Waals surface area (Å²) in [7, 11) is 0. The number of hydrogen-bond acceptors (Lipinski definition) is 2. The average Bonchev–Trinajstić information content (AvgIpc) is 2.61. The number of Topliss-reactive ketones (excluding diaryl/α,β-unsaturated/α-hetero) is 1. The number of carbonyl (C=O) groups is 2. The van der Waals surface area contributed by atoms with Crippen LogP contribution in [0.15, 0.2) is 24.3 Å². The van der Waals surface area contributed by atoms with Crippen molar-refractivity contribution in [2.24, 2.45) is 0 Å². The Bertz CT molecular complexity index is 453. The molecule has 0 aliphatic carbocycles. The molecule has 0 N–H and O–H groups in total. The molecule has 3 heteroatoms. The number of nitrogens with zero attached hydrogens (tertiary/aromatic N) is 1. The summed E-state index contributed by atoms with van der Waals surface area (Å²) < 4.78 is 0. The van der Waals surface area contributed by atoms with Gasteiger partial charge in [-0.15, -0.1) is 0 Å².